The van der Waals surface area contributed by atoms with E-state index in [-0.39, 0.29) is 5.78 Å². The third kappa shape index (κ3) is 3.93. The van der Waals surface area contributed by atoms with Crippen molar-refractivity contribution in [2.24, 2.45) is 0 Å². The number of rotatable bonds is 4. The van der Waals surface area contributed by atoms with E-state index in [1.165, 1.54) is 11.3 Å². The minimum Gasteiger partial charge on any atom is -0.390 e. The second kappa shape index (κ2) is 8.05. The summed E-state index contributed by atoms with van der Waals surface area (Å²) >= 11 is 19.6. The Kier molecular flexibility index (Phi) is 5.68. The molecule has 4 rings (SSSR count). The van der Waals surface area contributed by atoms with E-state index in [2.05, 4.69) is 4.90 Å². The molecule has 1 aliphatic heterocycles. The van der Waals surface area contributed by atoms with E-state index in [4.69, 9.17) is 40.5 Å². The van der Waals surface area contributed by atoms with Crippen LogP contribution in [0.5, 0.6) is 0 Å². The molecule has 0 saturated heterocycles. The molecule has 1 aliphatic rings. The van der Waals surface area contributed by atoms with Gasteiger partial charge in [-0.25, -0.2) is 0 Å². The lowest BCUT2D eigenvalue weighted by atomic mass is 9.96. The third-order valence-electron chi connectivity index (χ3n) is 4.89. The van der Waals surface area contributed by atoms with Crippen LogP contribution in [0.15, 0.2) is 42.5 Å². The molecule has 2 N–H and O–H groups in total. The van der Waals surface area contributed by atoms with E-state index in [0.29, 0.717) is 31.2 Å². The van der Waals surface area contributed by atoms with Gasteiger partial charge in [-0.3, -0.25) is 9.69 Å². The van der Waals surface area contributed by atoms with E-state index < -0.39 is 0 Å². The molecular formula is C21H17Cl3N2OS. The molecule has 0 saturated carbocycles. The monoisotopic (exact) mass is 450 g/mol. The SMILES string of the molecule is Nc1sc2c(c1C(=O)c1ccc(Cl)cc1)CCN(Cc1ccc(Cl)c(Cl)c1)C2. The molecule has 0 spiro atoms. The molecule has 0 unspecified atom stereocenters. The predicted octanol–water partition coefficient (Wildman–Crippen LogP) is 6.08. The fraction of sp³-hybridized carbons (Fsp3) is 0.190. The molecule has 0 aliphatic carbocycles. The van der Waals surface area contributed by atoms with Crippen LogP contribution in [-0.2, 0) is 19.5 Å². The van der Waals surface area contributed by atoms with Crippen molar-refractivity contribution >= 4 is 56.9 Å². The molecule has 3 nitrogen and oxygen atoms in total. The summed E-state index contributed by atoms with van der Waals surface area (Å²) in [6.07, 6.45) is 0.791. The summed E-state index contributed by atoms with van der Waals surface area (Å²) < 4.78 is 0. The van der Waals surface area contributed by atoms with Crippen LogP contribution >= 0.6 is 46.1 Å². The number of halogens is 3. The molecule has 144 valence electrons. The standard InChI is InChI=1S/C21H17Cl3N2OS/c22-14-4-2-13(3-5-14)20(27)19-15-7-8-26(11-18(15)28-21(19)25)10-12-1-6-16(23)17(24)9-12/h1-6,9H,7-8,10-11,25H2. The highest BCUT2D eigenvalue weighted by Gasteiger charge is 2.27. The van der Waals surface area contributed by atoms with Gasteiger partial charge in [0, 0.05) is 35.1 Å². The summed E-state index contributed by atoms with van der Waals surface area (Å²) in [5.74, 6) is -0.0374. The number of fused-ring (bicyclic) bond motifs is 1. The van der Waals surface area contributed by atoms with Gasteiger partial charge in [0.15, 0.2) is 5.78 Å². The summed E-state index contributed by atoms with van der Waals surface area (Å²) in [5.41, 5.74) is 9.69. The fourth-order valence-corrected chi connectivity index (χ4v) is 5.11. The van der Waals surface area contributed by atoms with Gasteiger partial charge in [0.1, 0.15) is 0 Å². The highest BCUT2D eigenvalue weighted by molar-refractivity contribution is 7.16. The van der Waals surface area contributed by atoms with Gasteiger partial charge in [-0.05, 0) is 53.9 Å². The van der Waals surface area contributed by atoms with Gasteiger partial charge in [-0.2, -0.15) is 0 Å². The Morgan fingerprint density at radius 3 is 2.54 bits per heavy atom. The maximum atomic E-state index is 13.0. The van der Waals surface area contributed by atoms with E-state index in [1.807, 2.05) is 18.2 Å². The maximum absolute atomic E-state index is 13.0. The van der Waals surface area contributed by atoms with Gasteiger partial charge in [0.25, 0.3) is 0 Å². The van der Waals surface area contributed by atoms with Crippen LogP contribution in [-0.4, -0.2) is 17.2 Å². The normalized spacial score (nSPS) is 14.1. The third-order valence-corrected chi connectivity index (χ3v) is 6.92. The Morgan fingerprint density at radius 1 is 1.07 bits per heavy atom. The van der Waals surface area contributed by atoms with Crippen molar-refractivity contribution in [3.05, 3.63) is 84.7 Å². The Labute approximate surface area is 182 Å². The zero-order valence-electron chi connectivity index (χ0n) is 14.8. The number of ketones is 1. The first kappa shape index (κ1) is 19.7. The highest BCUT2D eigenvalue weighted by atomic mass is 35.5. The number of nitrogens with zero attached hydrogens (tertiary/aromatic N) is 1. The average Bonchev–Trinajstić information content (AvgIpc) is 3.00. The second-order valence-corrected chi connectivity index (χ2v) is 9.18. The van der Waals surface area contributed by atoms with Crippen LogP contribution < -0.4 is 5.73 Å². The summed E-state index contributed by atoms with van der Waals surface area (Å²) in [6, 6.07) is 12.6. The quantitative estimate of drug-likeness (QED) is 0.489. The summed E-state index contributed by atoms with van der Waals surface area (Å²) in [5, 5.41) is 2.31. The van der Waals surface area contributed by atoms with Crippen LogP contribution in [0.3, 0.4) is 0 Å². The number of hydrogen-bond donors (Lipinski definition) is 1. The zero-order chi connectivity index (χ0) is 19.8. The Morgan fingerprint density at radius 2 is 1.82 bits per heavy atom. The lowest BCUT2D eigenvalue weighted by molar-refractivity contribution is 0.103. The van der Waals surface area contributed by atoms with Crippen LogP contribution in [0.1, 0.15) is 31.9 Å². The molecular weight excluding hydrogens is 435 g/mol. The number of nitrogens with two attached hydrogens (primary N) is 1. The molecule has 0 fully saturated rings. The Hall–Kier alpha value is -1.56. The molecule has 7 heteroatoms. The summed E-state index contributed by atoms with van der Waals surface area (Å²) in [7, 11) is 0. The molecule has 0 radical (unpaired) electrons. The van der Waals surface area contributed by atoms with E-state index in [9.17, 15) is 4.79 Å². The molecule has 0 atom stereocenters. The van der Waals surface area contributed by atoms with Crippen molar-refractivity contribution in [2.75, 3.05) is 12.3 Å². The van der Waals surface area contributed by atoms with Gasteiger partial charge < -0.3 is 5.73 Å². The van der Waals surface area contributed by atoms with Gasteiger partial charge in [0.2, 0.25) is 0 Å². The van der Waals surface area contributed by atoms with Gasteiger partial charge in [-0.1, -0.05) is 40.9 Å². The van der Waals surface area contributed by atoms with Crippen LogP contribution in [0.2, 0.25) is 15.1 Å². The number of carbonyl (C=O) groups is 1. The number of benzene rings is 2. The largest absolute Gasteiger partial charge is 0.390 e. The van der Waals surface area contributed by atoms with Crippen molar-refractivity contribution in [1.82, 2.24) is 4.90 Å². The number of nitrogen functional groups attached to an aromatic ring is 1. The first-order valence-corrected chi connectivity index (χ1v) is 10.7. The van der Waals surface area contributed by atoms with Gasteiger partial charge in [0.05, 0.1) is 20.6 Å². The lowest BCUT2D eigenvalue weighted by Gasteiger charge is -2.27. The Bertz CT molecular complexity index is 1050. The first-order chi connectivity index (χ1) is 13.4. The fourth-order valence-electron chi connectivity index (χ4n) is 3.50. The van der Waals surface area contributed by atoms with Crippen LogP contribution in [0.25, 0.3) is 0 Å². The molecule has 28 heavy (non-hydrogen) atoms. The molecule has 2 heterocycles. The molecule has 2 aromatic carbocycles. The smallest absolute Gasteiger partial charge is 0.196 e. The van der Waals surface area contributed by atoms with E-state index in [0.717, 1.165) is 42.1 Å². The van der Waals surface area contributed by atoms with Crippen molar-refractivity contribution in [3.63, 3.8) is 0 Å². The Balaban J connectivity index is 1.55. The topological polar surface area (TPSA) is 46.3 Å². The minimum atomic E-state index is -0.0374. The van der Waals surface area contributed by atoms with Crippen molar-refractivity contribution in [1.29, 1.82) is 0 Å². The first-order valence-electron chi connectivity index (χ1n) is 8.79. The zero-order valence-corrected chi connectivity index (χ0v) is 17.9. The highest BCUT2D eigenvalue weighted by Crippen LogP contribution is 2.37. The second-order valence-electron chi connectivity index (χ2n) is 6.79. The maximum Gasteiger partial charge on any atom is 0.196 e. The number of thiophene rings is 1. The summed E-state index contributed by atoms with van der Waals surface area (Å²) in [6.45, 7) is 2.39. The van der Waals surface area contributed by atoms with Crippen molar-refractivity contribution in [2.45, 2.75) is 19.5 Å². The average molecular weight is 452 g/mol. The molecule has 3 aromatic rings. The molecule has 1 aromatic heterocycles. The number of carbonyl (C=O) groups excluding carboxylic acids is 1. The van der Waals surface area contributed by atoms with Crippen molar-refractivity contribution < 1.29 is 4.79 Å². The van der Waals surface area contributed by atoms with Crippen LogP contribution in [0, 0.1) is 0 Å². The number of anilines is 1. The summed E-state index contributed by atoms with van der Waals surface area (Å²) in [4.78, 5) is 16.5. The lowest BCUT2D eigenvalue weighted by Crippen LogP contribution is -2.29. The van der Waals surface area contributed by atoms with Crippen molar-refractivity contribution in [3.8, 4) is 0 Å². The minimum absolute atomic E-state index is 0.0374. The van der Waals surface area contributed by atoms with Gasteiger partial charge in [-0.15, -0.1) is 11.3 Å². The van der Waals surface area contributed by atoms with E-state index in [1.54, 1.807) is 24.3 Å². The van der Waals surface area contributed by atoms with Gasteiger partial charge >= 0.3 is 0 Å². The predicted molar refractivity (Wildman–Crippen MR) is 118 cm³/mol. The number of hydrogen-bond acceptors (Lipinski definition) is 4. The molecule has 0 bridgehead atoms. The van der Waals surface area contributed by atoms with E-state index >= 15 is 0 Å². The molecule has 0 amide bonds. The van der Waals surface area contributed by atoms with Crippen LogP contribution in [0.4, 0.5) is 5.00 Å².